The molecule has 0 bridgehead atoms. The summed E-state index contributed by atoms with van der Waals surface area (Å²) in [6, 6.07) is 0. The highest BCUT2D eigenvalue weighted by molar-refractivity contribution is 7.99. The summed E-state index contributed by atoms with van der Waals surface area (Å²) in [7, 11) is 2.15. The van der Waals surface area contributed by atoms with Crippen molar-refractivity contribution in [2.24, 2.45) is 11.8 Å². The molecule has 1 aromatic heterocycles. The van der Waals surface area contributed by atoms with Crippen LogP contribution in [0.2, 0.25) is 0 Å². The van der Waals surface area contributed by atoms with Gasteiger partial charge in [-0.25, -0.2) is 0 Å². The second-order valence-electron chi connectivity index (χ2n) is 6.35. The predicted molar refractivity (Wildman–Crippen MR) is 92.8 cm³/mol. The number of carbonyl (C=O) groups excluding carboxylic acids is 1. The molecule has 2 aliphatic carbocycles. The van der Waals surface area contributed by atoms with Crippen molar-refractivity contribution < 1.29 is 4.79 Å². The number of thioether (sulfide) groups is 1. The predicted octanol–water partition coefficient (Wildman–Crippen LogP) is 4.27. The minimum absolute atomic E-state index is 0.244. The van der Waals surface area contributed by atoms with E-state index in [1.165, 1.54) is 30.7 Å². The number of nitrogens with zero attached hydrogens (tertiary/aromatic N) is 1. The molecular formula is C16H24N2OS2. The number of Topliss-reactive ketones (excluding diaryl/α,β-unsaturated/α-hetero) is 1. The Morgan fingerprint density at radius 2 is 2.00 bits per heavy atom. The summed E-state index contributed by atoms with van der Waals surface area (Å²) < 4.78 is 0. The number of ketones is 1. The van der Waals surface area contributed by atoms with Gasteiger partial charge < -0.3 is 10.6 Å². The van der Waals surface area contributed by atoms with Gasteiger partial charge in [0.05, 0.1) is 15.5 Å². The summed E-state index contributed by atoms with van der Waals surface area (Å²) in [5, 5.41) is 1.19. The van der Waals surface area contributed by atoms with E-state index in [1.54, 1.807) is 23.1 Å². The molecular weight excluding hydrogens is 300 g/mol. The summed E-state index contributed by atoms with van der Waals surface area (Å²) in [4.78, 5) is 16.6. The first-order chi connectivity index (χ1) is 10.1. The average molecular weight is 325 g/mol. The number of thiophene rings is 1. The Morgan fingerprint density at radius 3 is 2.57 bits per heavy atom. The Bertz CT molecular complexity index is 531. The molecule has 0 spiro atoms. The molecule has 0 aromatic carbocycles. The van der Waals surface area contributed by atoms with E-state index < -0.39 is 0 Å². The summed E-state index contributed by atoms with van der Waals surface area (Å²) in [5.41, 5.74) is 6.99. The zero-order valence-electron chi connectivity index (χ0n) is 12.9. The van der Waals surface area contributed by atoms with E-state index in [9.17, 15) is 4.79 Å². The Labute approximate surface area is 135 Å². The molecule has 0 saturated heterocycles. The minimum atomic E-state index is 0.244. The highest BCUT2D eigenvalue weighted by Crippen LogP contribution is 2.47. The molecule has 5 heteroatoms. The molecule has 2 saturated carbocycles. The van der Waals surface area contributed by atoms with Gasteiger partial charge in [0.25, 0.3) is 0 Å². The lowest BCUT2D eigenvalue weighted by Crippen LogP contribution is -2.23. The van der Waals surface area contributed by atoms with Gasteiger partial charge in [-0.15, -0.1) is 23.1 Å². The summed E-state index contributed by atoms with van der Waals surface area (Å²) in [6.45, 7) is 1.09. The van der Waals surface area contributed by atoms with Crippen LogP contribution < -0.4 is 10.6 Å². The Balaban J connectivity index is 1.82. The van der Waals surface area contributed by atoms with Crippen LogP contribution in [0.15, 0.2) is 4.90 Å². The number of nitrogens with two attached hydrogens (primary N) is 1. The van der Waals surface area contributed by atoms with E-state index in [2.05, 4.69) is 18.2 Å². The largest absolute Gasteiger partial charge is 0.396 e. The van der Waals surface area contributed by atoms with Crippen LogP contribution in [-0.4, -0.2) is 25.6 Å². The zero-order valence-corrected chi connectivity index (χ0v) is 14.5. The standard InChI is InChI=1S/C16H24N2OS2/c1-18(9-10-5-3-4-6-10)16-15(20-2)12(17)14(21-16)13(19)11-7-8-11/h10-11H,3-9,17H2,1-2H3. The van der Waals surface area contributed by atoms with E-state index in [0.29, 0.717) is 0 Å². The van der Waals surface area contributed by atoms with Crippen molar-refractivity contribution in [2.75, 3.05) is 30.5 Å². The van der Waals surface area contributed by atoms with Crippen LogP contribution in [0, 0.1) is 11.8 Å². The number of anilines is 2. The molecule has 0 amide bonds. The lowest BCUT2D eigenvalue weighted by Gasteiger charge is -2.22. The average Bonchev–Trinajstić information content (AvgIpc) is 3.10. The van der Waals surface area contributed by atoms with Crippen LogP contribution in [0.5, 0.6) is 0 Å². The summed E-state index contributed by atoms with van der Waals surface area (Å²) in [6.07, 6.45) is 9.55. The van der Waals surface area contributed by atoms with Crippen LogP contribution in [0.4, 0.5) is 10.7 Å². The van der Waals surface area contributed by atoms with Gasteiger partial charge in [-0.3, -0.25) is 4.79 Å². The quantitative estimate of drug-likeness (QED) is 0.627. The minimum Gasteiger partial charge on any atom is -0.396 e. The third kappa shape index (κ3) is 3.09. The van der Waals surface area contributed by atoms with Crippen molar-refractivity contribution in [3.8, 4) is 0 Å². The van der Waals surface area contributed by atoms with Gasteiger partial charge in [-0.05, 0) is 37.9 Å². The van der Waals surface area contributed by atoms with Crippen molar-refractivity contribution in [2.45, 2.75) is 43.4 Å². The molecule has 3 rings (SSSR count). The number of rotatable bonds is 6. The van der Waals surface area contributed by atoms with Crippen LogP contribution in [0.25, 0.3) is 0 Å². The molecule has 21 heavy (non-hydrogen) atoms. The molecule has 0 unspecified atom stereocenters. The third-order valence-electron chi connectivity index (χ3n) is 4.61. The number of hydrogen-bond donors (Lipinski definition) is 1. The van der Waals surface area contributed by atoms with Crippen molar-refractivity contribution in [3.05, 3.63) is 4.88 Å². The van der Waals surface area contributed by atoms with Crippen molar-refractivity contribution in [3.63, 3.8) is 0 Å². The van der Waals surface area contributed by atoms with Crippen LogP contribution in [0.3, 0.4) is 0 Å². The van der Waals surface area contributed by atoms with Crippen molar-refractivity contribution in [1.82, 2.24) is 0 Å². The van der Waals surface area contributed by atoms with E-state index >= 15 is 0 Å². The number of hydrogen-bond acceptors (Lipinski definition) is 5. The second-order valence-corrected chi connectivity index (χ2v) is 8.17. The zero-order chi connectivity index (χ0) is 15.0. The maximum Gasteiger partial charge on any atom is 0.178 e. The highest BCUT2D eigenvalue weighted by atomic mass is 32.2. The normalized spacial score (nSPS) is 19.1. The van der Waals surface area contributed by atoms with Crippen LogP contribution in [-0.2, 0) is 0 Å². The van der Waals surface area contributed by atoms with E-state index in [4.69, 9.17) is 5.73 Å². The molecule has 0 atom stereocenters. The van der Waals surface area contributed by atoms with E-state index in [0.717, 1.165) is 40.8 Å². The van der Waals surface area contributed by atoms with Gasteiger partial charge in [0.15, 0.2) is 5.78 Å². The van der Waals surface area contributed by atoms with Gasteiger partial charge in [0, 0.05) is 19.5 Å². The van der Waals surface area contributed by atoms with Crippen molar-refractivity contribution >= 4 is 39.6 Å². The molecule has 116 valence electrons. The van der Waals surface area contributed by atoms with Gasteiger partial charge >= 0.3 is 0 Å². The fourth-order valence-corrected chi connectivity index (χ4v) is 5.44. The maximum absolute atomic E-state index is 12.4. The van der Waals surface area contributed by atoms with E-state index in [-0.39, 0.29) is 11.7 Å². The molecule has 1 aromatic rings. The lowest BCUT2D eigenvalue weighted by molar-refractivity contribution is 0.0972. The molecule has 0 radical (unpaired) electrons. The fourth-order valence-electron chi connectivity index (χ4n) is 3.24. The van der Waals surface area contributed by atoms with Gasteiger partial charge in [-0.1, -0.05) is 12.8 Å². The van der Waals surface area contributed by atoms with Crippen LogP contribution in [0.1, 0.15) is 48.2 Å². The molecule has 2 fully saturated rings. The summed E-state index contributed by atoms with van der Waals surface area (Å²) in [5.74, 6) is 1.32. The van der Waals surface area contributed by atoms with Gasteiger partial charge in [0.2, 0.25) is 0 Å². The highest BCUT2D eigenvalue weighted by Gasteiger charge is 2.34. The first-order valence-corrected chi connectivity index (χ1v) is 9.87. The monoisotopic (exact) mass is 324 g/mol. The number of carbonyl (C=O) groups is 1. The first-order valence-electron chi connectivity index (χ1n) is 7.83. The maximum atomic E-state index is 12.4. The van der Waals surface area contributed by atoms with Crippen molar-refractivity contribution in [1.29, 1.82) is 0 Å². The smallest absolute Gasteiger partial charge is 0.178 e. The van der Waals surface area contributed by atoms with E-state index in [1.807, 2.05) is 0 Å². The number of nitrogen functional groups attached to an aromatic ring is 1. The molecule has 0 aliphatic heterocycles. The first kappa shape index (κ1) is 15.2. The Kier molecular flexibility index (Phi) is 4.50. The lowest BCUT2D eigenvalue weighted by atomic mass is 10.1. The van der Waals surface area contributed by atoms with Gasteiger partial charge in [0.1, 0.15) is 5.00 Å². The Hall–Kier alpha value is -0.680. The molecule has 2 N–H and O–H groups in total. The third-order valence-corrected chi connectivity index (χ3v) is 6.90. The van der Waals surface area contributed by atoms with Crippen LogP contribution >= 0.6 is 23.1 Å². The second kappa shape index (κ2) is 6.21. The Morgan fingerprint density at radius 1 is 1.33 bits per heavy atom. The summed E-state index contributed by atoms with van der Waals surface area (Å²) >= 11 is 3.28. The van der Waals surface area contributed by atoms with Gasteiger partial charge in [-0.2, -0.15) is 0 Å². The molecule has 1 heterocycles. The molecule has 2 aliphatic rings. The SMILES string of the molecule is CSc1c(N(C)CC2CCCC2)sc(C(=O)C2CC2)c1N. The topological polar surface area (TPSA) is 46.3 Å². The molecule has 3 nitrogen and oxygen atoms in total. The fraction of sp³-hybridized carbons (Fsp3) is 0.688.